The molecule has 0 saturated carbocycles. The van der Waals surface area contributed by atoms with Crippen LogP contribution in [0.3, 0.4) is 0 Å². The molecule has 0 rings (SSSR count). The smallest absolute Gasteiger partial charge is 0.457 e. The fourth-order valence-electron chi connectivity index (χ4n) is 5.74. The quantitative estimate of drug-likeness (QED) is 0.0270. The van der Waals surface area contributed by atoms with Crippen molar-refractivity contribution in [1.29, 1.82) is 0 Å². The Balaban J connectivity index is 4.00. The summed E-state index contributed by atoms with van der Waals surface area (Å²) in [7, 11) is -4.29. The van der Waals surface area contributed by atoms with Crippen LogP contribution >= 0.6 is 7.82 Å². The monoisotopic (exact) mass is 830 g/mol. The van der Waals surface area contributed by atoms with E-state index in [2.05, 4.69) is 111 Å². The van der Waals surface area contributed by atoms with Gasteiger partial charge in [-0.15, -0.1) is 0 Å². The number of carbonyl (C=O) groups is 1. The summed E-state index contributed by atoms with van der Waals surface area (Å²) in [5, 5.41) is 0. The number of phosphoric ester groups is 1. The van der Waals surface area contributed by atoms with Gasteiger partial charge < -0.3 is 20.1 Å². The van der Waals surface area contributed by atoms with E-state index in [1.807, 2.05) is 0 Å². The van der Waals surface area contributed by atoms with Crippen molar-refractivity contribution < 1.29 is 32.8 Å². The lowest BCUT2D eigenvalue weighted by Gasteiger charge is -2.20. The highest BCUT2D eigenvalue weighted by Crippen LogP contribution is 2.43. The van der Waals surface area contributed by atoms with E-state index in [0.717, 1.165) is 83.5 Å². The van der Waals surface area contributed by atoms with Crippen LogP contribution in [0.15, 0.2) is 97.2 Å². The number of hydrogen-bond acceptors (Lipinski definition) is 7. The Kier molecular flexibility index (Phi) is 43.5. The molecule has 332 valence electrons. The molecule has 0 radical (unpaired) electrons. The van der Waals surface area contributed by atoms with Crippen LogP contribution in [0.2, 0.25) is 0 Å². The average Bonchev–Trinajstić information content (AvgIpc) is 3.21. The van der Waals surface area contributed by atoms with Gasteiger partial charge in [-0.2, -0.15) is 0 Å². The third kappa shape index (κ3) is 44.5. The summed E-state index contributed by atoms with van der Waals surface area (Å²) in [5.41, 5.74) is 5.37. The molecule has 8 nitrogen and oxygen atoms in total. The lowest BCUT2D eigenvalue weighted by molar-refractivity contribution is -0.154. The average molecular weight is 830 g/mol. The van der Waals surface area contributed by atoms with E-state index in [1.165, 1.54) is 57.8 Å². The number of ether oxygens (including phenoxy) is 2. The van der Waals surface area contributed by atoms with Gasteiger partial charge in [-0.05, 0) is 89.9 Å². The molecular weight excluding hydrogens is 746 g/mol. The van der Waals surface area contributed by atoms with Crippen molar-refractivity contribution in [3.8, 4) is 0 Å². The predicted octanol–water partition coefficient (Wildman–Crippen LogP) is 13.9. The van der Waals surface area contributed by atoms with Crippen molar-refractivity contribution in [2.45, 2.75) is 174 Å². The molecule has 0 fully saturated rings. The Morgan fingerprint density at radius 2 is 0.914 bits per heavy atom. The molecule has 3 N–H and O–H groups in total. The molecule has 0 heterocycles. The molecule has 0 aromatic rings. The Labute approximate surface area is 355 Å². The number of allylic oxidation sites excluding steroid dienone is 16. The molecule has 0 aromatic carbocycles. The second kappa shape index (κ2) is 45.5. The van der Waals surface area contributed by atoms with Gasteiger partial charge in [-0.25, -0.2) is 4.57 Å². The van der Waals surface area contributed by atoms with E-state index in [1.54, 1.807) is 0 Å². The second-order valence-electron chi connectivity index (χ2n) is 14.5. The predicted molar refractivity (Wildman–Crippen MR) is 247 cm³/mol. The highest BCUT2D eigenvalue weighted by Gasteiger charge is 2.25. The molecule has 2 unspecified atom stereocenters. The molecular formula is C49H84NO7P. The minimum Gasteiger partial charge on any atom is -0.457 e. The molecule has 0 aromatic heterocycles. The normalized spacial score (nSPS) is 14.3. The zero-order chi connectivity index (χ0) is 42.3. The van der Waals surface area contributed by atoms with Crippen molar-refractivity contribution >= 4 is 13.8 Å². The maximum Gasteiger partial charge on any atom is 0.472 e. The lowest BCUT2D eigenvalue weighted by Crippen LogP contribution is -2.28. The van der Waals surface area contributed by atoms with Crippen LogP contribution in [-0.2, 0) is 27.9 Å². The van der Waals surface area contributed by atoms with Crippen LogP contribution < -0.4 is 5.73 Å². The lowest BCUT2D eigenvalue weighted by atomic mass is 10.1. The summed E-state index contributed by atoms with van der Waals surface area (Å²) in [6.07, 6.45) is 60.1. The van der Waals surface area contributed by atoms with E-state index >= 15 is 0 Å². The van der Waals surface area contributed by atoms with Gasteiger partial charge in [0.15, 0.2) is 0 Å². The highest BCUT2D eigenvalue weighted by atomic mass is 31.2. The summed E-state index contributed by atoms with van der Waals surface area (Å²) in [5.74, 6) is -0.365. The summed E-state index contributed by atoms with van der Waals surface area (Å²) < 4.78 is 33.4. The molecule has 0 aliphatic carbocycles. The van der Waals surface area contributed by atoms with Crippen LogP contribution in [0.4, 0.5) is 0 Å². The van der Waals surface area contributed by atoms with E-state index in [4.69, 9.17) is 24.3 Å². The Morgan fingerprint density at radius 1 is 0.517 bits per heavy atom. The molecule has 0 saturated heterocycles. The maximum atomic E-state index is 12.6. The zero-order valence-electron chi connectivity index (χ0n) is 36.7. The summed E-state index contributed by atoms with van der Waals surface area (Å²) in [6, 6.07) is 0. The Hall–Kier alpha value is -2.58. The standard InChI is InChI=1S/C49H84NO7P/c1-3-5-7-9-11-13-15-17-18-19-20-21-22-23-24-25-26-27-28-29-31-33-35-37-39-41-44-54-46-48(47-56-58(52,53)55-45-43-50)57-49(51)42-40-38-36-34-32-30-16-14-12-10-8-6-4-2/h5-8,11-14,17-18,20-21,23-24,30,32,48H,3-4,9-10,15-16,19,22,25-29,31,33-47,50H2,1-2H3,(H,52,53)/b7-5-,8-6-,13-11-,14-12-,18-17-,21-20-,24-23-,32-30-. The van der Waals surface area contributed by atoms with E-state index in [9.17, 15) is 14.3 Å². The molecule has 0 amide bonds. The van der Waals surface area contributed by atoms with E-state index in [0.29, 0.717) is 13.0 Å². The summed E-state index contributed by atoms with van der Waals surface area (Å²) in [4.78, 5) is 22.5. The first-order valence-electron chi connectivity index (χ1n) is 22.7. The van der Waals surface area contributed by atoms with Crippen molar-refractivity contribution in [2.75, 3.05) is 33.0 Å². The van der Waals surface area contributed by atoms with Gasteiger partial charge in [0, 0.05) is 19.6 Å². The van der Waals surface area contributed by atoms with Gasteiger partial charge in [0.2, 0.25) is 0 Å². The van der Waals surface area contributed by atoms with Gasteiger partial charge in [0.05, 0.1) is 19.8 Å². The summed E-state index contributed by atoms with van der Waals surface area (Å²) >= 11 is 0. The van der Waals surface area contributed by atoms with Gasteiger partial charge in [0.1, 0.15) is 6.10 Å². The van der Waals surface area contributed by atoms with Crippen molar-refractivity contribution in [2.24, 2.45) is 5.73 Å². The number of hydrogen-bond donors (Lipinski definition) is 2. The molecule has 9 heteroatoms. The first kappa shape index (κ1) is 55.4. The van der Waals surface area contributed by atoms with Crippen molar-refractivity contribution in [1.82, 2.24) is 0 Å². The fourth-order valence-corrected chi connectivity index (χ4v) is 6.51. The number of esters is 1. The fraction of sp³-hybridized carbons (Fsp3) is 0.653. The first-order chi connectivity index (χ1) is 28.4. The third-order valence-corrected chi connectivity index (χ3v) is 9.98. The summed E-state index contributed by atoms with van der Waals surface area (Å²) in [6.45, 7) is 4.61. The maximum absolute atomic E-state index is 12.6. The van der Waals surface area contributed by atoms with Crippen LogP contribution in [0.25, 0.3) is 0 Å². The second-order valence-corrected chi connectivity index (χ2v) is 16.0. The molecule has 0 bridgehead atoms. The molecule has 58 heavy (non-hydrogen) atoms. The van der Waals surface area contributed by atoms with Crippen molar-refractivity contribution in [3.05, 3.63) is 97.2 Å². The van der Waals surface area contributed by atoms with Crippen LogP contribution in [0.1, 0.15) is 168 Å². The van der Waals surface area contributed by atoms with Crippen LogP contribution in [0.5, 0.6) is 0 Å². The van der Waals surface area contributed by atoms with Crippen molar-refractivity contribution in [3.63, 3.8) is 0 Å². The van der Waals surface area contributed by atoms with Gasteiger partial charge in [0.25, 0.3) is 0 Å². The van der Waals surface area contributed by atoms with Gasteiger partial charge in [-0.1, -0.05) is 169 Å². The zero-order valence-corrected chi connectivity index (χ0v) is 37.6. The SMILES string of the molecule is CC/C=C\C/C=C\C/C=C\C/C=C\C/C=C\CCCCCCCCCCCCOCC(COP(=O)(O)OCCN)OC(=O)CCCCC/C=C\C/C=C\C/C=C\CC. The largest absolute Gasteiger partial charge is 0.472 e. The highest BCUT2D eigenvalue weighted by molar-refractivity contribution is 7.47. The third-order valence-electron chi connectivity index (χ3n) is 9.00. The molecule has 0 spiro atoms. The minimum atomic E-state index is -4.29. The van der Waals surface area contributed by atoms with Crippen LogP contribution in [-0.4, -0.2) is 49.9 Å². The van der Waals surface area contributed by atoms with Crippen LogP contribution in [0, 0.1) is 0 Å². The van der Waals surface area contributed by atoms with Gasteiger partial charge in [-0.3, -0.25) is 13.8 Å². The Bertz CT molecular complexity index is 1200. The number of unbranched alkanes of at least 4 members (excludes halogenated alkanes) is 13. The first-order valence-corrected chi connectivity index (χ1v) is 24.2. The molecule has 2 atom stereocenters. The van der Waals surface area contributed by atoms with Gasteiger partial charge >= 0.3 is 13.8 Å². The number of carbonyl (C=O) groups excluding carboxylic acids is 1. The van der Waals surface area contributed by atoms with E-state index < -0.39 is 13.9 Å². The number of rotatable bonds is 42. The minimum absolute atomic E-state index is 0.0895. The Morgan fingerprint density at radius 3 is 1.36 bits per heavy atom. The molecule has 0 aliphatic heterocycles. The molecule has 0 aliphatic rings. The van der Waals surface area contributed by atoms with E-state index in [-0.39, 0.29) is 38.8 Å². The number of nitrogens with two attached hydrogens (primary N) is 1. The topological polar surface area (TPSA) is 117 Å². The number of phosphoric acid groups is 1.